The number of hydrogen-bond acceptors (Lipinski definition) is 3. The molecule has 1 N–H and O–H groups in total. The molecule has 2 heterocycles. The van der Waals surface area contributed by atoms with Gasteiger partial charge in [-0.05, 0) is 49.2 Å². The summed E-state index contributed by atoms with van der Waals surface area (Å²) in [5, 5.41) is 3.43. The molecule has 0 saturated carbocycles. The predicted molar refractivity (Wildman–Crippen MR) is 92.9 cm³/mol. The van der Waals surface area contributed by atoms with E-state index in [1.807, 2.05) is 6.07 Å². The Labute approximate surface area is 145 Å². The van der Waals surface area contributed by atoms with Crippen LogP contribution < -0.4 is 5.32 Å². The fourth-order valence-corrected chi connectivity index (χ4v) is 2.91. The number of amides is 2. The van der Waals surface area contributed by atoms with Crippen LogP contribution in [-0.2, 0) is 4.79 Å². The van der Waals surface area contributed by atoms with Crippen LogP contribution in [0, 0.1) is 5.92 Å². The zero-order valence-corrected chi connectivity index (χ0v) is 13.9. The van der Waals surface area contributed by atoms with Gasteiger partial charge in [0.15, 0.2) is 0 Å². The molecule has 3 rings (SSSR count). The lowest BCUT2D eigenvalue weighted by atomic mass is 9.95. The third-order valence-electron chi connectivity index (χ3n) is 4.16. The minimum atomic E-state index is -0.0960. The predicted octanol–water partition coefficient (Wildman–Crippen LogP) is 3.23. The Morgan fingerprint density at radius 3 is 2.42 bits per heavy atom. The molecule has 2 aromatic rings. The largest absolute Gasteiger partial charge is 0.339 e. The Morgan fingerprint density at radius 1 is 1.08 bits per heavy atom. The van der Waals surface area contributed by atoms with Crippen molar-refractivity contribution in [2.75, 3.05) is 18.4 Å². The molecule has 1 aromatic carbocycles. The average Bonchev–Trinajstić information content (AvgIpc) is 2.63. The molecule has 6 heteroatoms. The van der Waals surface area contributed by atoms with Gasteiger partial charge in [0.25, 0.3) is 5.91 Å². The Kier molecular flexibility index (Phi) is 5.11. The van der Waals surface area contributed by atoms with Crippen LogP contribution >= 0.6 is 11.6 Å². The molecule has 1 saturated heterocycles. The summed E-state index contributed by atoms with van der Waals surface area (Å²) in [5.41, 5.74) is 0.621. The van der Waals surface area contributed by atoms with Gasteiger partial charge < -0.3 is 10.2 Å². The smallest absolute Gasteiger partial charge is 0.253 e. The Bertz CT molecular complexity index is 711. The number of piperidine rings is 1. The van der Waals surface area contributed by atoms with Gasteiger partial charge in [-0.2, -0.15) is 0 Å². The SMILES string of the molecule is O=C(Nc1ccccn1)C1CCN(C(=O)c2ccc(Cl)cc2)CC1. The number of nitrogens with one attached hydrogen (secondary N) is 1. The maximum Gasteiger partial charge on any atom is 0.253 e. The number of hydrogen-bond donors (Lipinski definition) is 1. The topological polar surface area (TPSA) is 62.3 Å². The number of carbonyl (C=O) groups excluding carboxylic acids is 2. The van der Waals surface area contributed by atoms with E-state index in [2.05, 4.69) is 10.3 Å². The van der Waals surface area contributed by atoms with Crippen LogP contribution in [0.25, 0.3) is 0 Å². The van der Waals surface area contributed by atoms with Crippen molar-refractivity contribution in [1.29, 1.82) is 0 Å². The second-order valence-corrected chi connectivity index (χ2v) is 6.21. The maximum absolute atomic E-state index is 12.5. The summed E-state index contributed by atoms with van der Waals surface area (Å²) < 4.78 is 0. The Hall–Kier alpha value is -2.40. The van der Waals surface area contributed by atoms with E-state index in [-0.39, 0.29) is 17.7 Å². The number of rotatable bonds is 3. The summed E-state index contributed by atoms with van der Waals surface area (Å²) in [6.45, 7) is 1.14. The molecule has 5 nitrogen and oxygen atoms in total. The number of likely N-dealkylation sites (tertiary alicyclic amines) is 1. The van der Waals surface area contributed by atoms with E-state index < -0.39 is 0 Å². The molecule has 1 aliphatic heterocycles. The van der Waals surface area contributed by atoms with Gasteiger partial charge >= 0.3 is 0 Å². The first-order chi connectivity index (χ1) is 11.6. The Balaban J connectivity index is 1.54. The van der Waals surface area contributed by atoms with E-state index in [1.165, 1.54) is 0 Å². The third kappa shape index (κ3) is 3.92. The molecule has 0 aliphatic carbocycles. The summed E-state index contributed by atoms with van der Waals surface area (Å²) in [7, 11) is 0. The van der Waals surface area contributed by atoms with Gasteiger partial charge in [-0.1, -0.05) is 17.7 Å². The fourth-order valence-electron chi connectivity index (χ4n) is 2.78. The zero-order chi connectivity index (χ0) is 16.9. The van der Waals surface area contributed by atoms with Crippen molar-refractivity contribution in [3.8, 4) is 0 Å². The molecule has 0 atom stereocenters. The quantitative estimate of drug-likeness (QED) is 0.930. The van der Waals surface area contributed by atoms with Gasteiger partial charge in [-0.15, -0.1) is 0 Å². The third-order valence-corrected chi connectivity index (χ3v) is 4.41. The van der Waals surface area contributed by atoms with Gasteiger partial charge in [-0.3, -0.25) is 9.59 Å². The normalized spacial score (nSPS) is 15.1. The molecular formula is C18H18ClN3O2. The average molecular weight is 344 g/mol. The Morgan fingerprint density at radius 2 is 1.79 bits per heavy atom. The van der Waals surface area contributed by atoms with E-state index in [1.54, 1.807) is 47.5 Å². The molecule has 0 bridgehead atoms. The highest BCUT2D eigenvalue weighted by Crippen LogP contribution is 2.21. The second kappa shape index (κ2) is 7.45. The first-order valence-electron chi connectivity index (χ1n) is 7.90. The van der Waals surface area contributed by atoms with Crippen molar-refractivity contribution in [3.63, 3.8) is 0 Å². The monoisotopic (exact) mass is 343 g/mol. The van der Waals surface area contributed by atoms with Crippen molar-refractivity contribution < 1.29 is 9.59 Å². The minimum Gasteiger partial charge on any atom is -0.339 e. The molecule has 0 spiro atoms. The highest BCUT2D eigenvalue weighted by molar-refractivity contribution is 6.30. The molecular weight excluding hydrogens is 326 g/mol. The van der Waals surface area contributed by atoms with Crippen LogP contribution in [-0.4, -0.2) is 34.8 Å². The summed E-state index contributed by atoms with van der Waals surface area (Å²) in [4.78, 5) is 30.6. The van der Waals surface area contributed by atoms with Crippen LogP contribution in [0.4, 0.5) is 5.82 Å². The number of halogens is 1. The van der Waals surface area contributed by atoms with Crippen molar-refractivity contribution in [1.82, 2.24) is 9.88 Å². The zero-order valence-electron chi connectivity index (χ0n) is 13.1. The summed E-state index contributed by atoms with van der Waals surface area (Å²) in [6.07, 6.45) is 2.94. The number of aromatic nitrogens is 1. The minimum absolute atomic E-state index is 0.0183. The first-order valence-corrected chi connectivity index (χ1v) is 8.28. The second-order valence-electron chi connectivity index (χ2n) is 5.78. The van der Waals surface area contributed by atoms with Crippen LogP contribution in [0.1, 0.15) is 23.2 Å². The number of benzene rings is 1. The maximum atomic E-state index is 12.5. The van der Waals surface area contributed by atoms with Crippen molar-refractivity contribution >= 4 is 29.2 Å². The molecule has 24 heavy (non-hydrogen) atoms. The highest BCUT2D eigenvalue weighted by Gasteiger charge is 2.28. The van der Waals surface area contributed by atoms with E-state index >= 15 is 0 Å². The van der Waals surface area contributed by atoms with Crippen LogP contribution in [0.5, 0.6) is 0 Å². The van der Waals surface area contributed by atoms with Gasteiger partial charge in [0.2, 0.25) is 5.91 Å². The standard InChI is InChI=1S/C18H18ClN3O2/c19-15-6-4-14(5-7-15)18(24)22-11-8-13(9-12-22)17(23)21-16-3-1-2-10-20-16/h1-7,10,13H,8-9,11-12H2,(H,20,21,23). The molecule has 0 unspecified atom stereocenters. The van der Waals surface area contributed by atoms with Crippen LogP contribution in [0.2, 0.25) is 5.02 Å². The fraction of sp³-hybridized carbons (Fsp3) is 0.278. The molecule has 124 valence electrons. The van der Waals surface area contributed by atoms with E-state index in [4.69, 9.17) is 11.6 Å². The van der Waals surface area contributed by atoms with Crippen LogP contribution in [0.3, 0.4) is 0 Å². The summed E-state index contributed by atoms with van der Waals surface area (Å²) in [6, 6.07) is 12.3. The van der Waals surface area contributed by atoms with Crippen molar-refractivity contribution in [3.05, 3.63) is 59.2 Å². The molecule has 1 fully saturated rings. The molecule has 1 aromatic heterocycles. The van der Waals surface area contributed by atoms with Crippen molar-refractivity contribution in [2.24, 2.45) is 5.92 Å². The van der Waals surface area contributed by atoms with Crippen LogP contribution in [0.15, 0.2) is 48.7 Å². The van der Waals surface area contributed by atoms with Gasteiger partial charge in [-0.25, -0.2) is 4.98 Å². The van der Waals surface area contributed by atoms with Gasteiger partial charge in [0.05, 0.1) is 0 Å². The van der Waals surface area contributed by atoms with Crippen molar-refractivity contribution in [2.45, 2.75) is 12.8 Å². The number of carbonyl (C=O) groups is 2. The number of pyridine rings is 1. The van der Waals surface area contributed by atoms with E-state index in [0.29, 0.717) is 42.3 Å². The summed E-state index contributed by atoms with van der Waals surface area (Å²) in [5.74, 6) is 0.408. The summed E-state index contributed by atoms with van der Waals surface area (Å²) >= 11 is 5.85. The highest BCUT2D eigenvalue weighted by atomic mass is 35.5. The first kappa shape index (κ1) is 16.5. The van der Waals surface area contributed by atoms with E-state index in [0.717, 1.165) is 0 Å². The lowest BCUT2D eigenvalue weighted by Crippen LogP contribution is -2.41. The number of nitrogens with zero attached hydrogens (tertiary/aromatic N) is 2. The van der Waals surface area contributed by atoms with E-state index in [9.17, 15) is 9.59 Å². The lowest BCUT2D eigenvalue weighted by molar-refractivity contribution is -0.121. The van der Waals surface area contributed by atoms with Gasteiger partial charge in [0.1, 0.15) is 5.82 Å². The molecule has 1 aliphatic rings. The molecule has 2 amide bonds. The van der Waals surface area contributed by atoms with Gasteiger partial charge in [0, 0.05) is 35.8 Å². The number of anilines is 1. The molecule has 0 radical (unpaired) electrons. The lowest BCUT2D eigenvalue weighted by Gasteiger charge is -2.31.